The molecular formula is C20H28N6O2. The van der Waals surface area contributed by atoms with E-state index in [2.05, 4.69) is 44.6 Å². The van der Waals surface area contributed by atoms with E-state index in [1.165, 1.54) is 0 Å². The standard InChI is InChI=1S/C20H28N6O2/c1-15-13-26(14-16(2)28-15)11-7-6-10-21-20(27)24-19-23-18(12-22-25-19)17-8-4-3-5-9-17/h3-5,8-9,12,15-16H,6-7,10-11,13-14H2,1-2H3,(H2,21,23,24,25,27)/t15-,16-/m0/s1. The zero-order chi connectivity index (χ0) is 19.8. The fourth-order valence-corrected chi connectivity index (χ4v) is 3.38. The molecule has 2 atom stereocenters. The lowest BCUT2D eigenvalue weighted by Crippen LogP contribution is -2.45. The van der Waals surface area contributed by atoms with E-state index in [1.54, 1.807) is 6.20 Å². The van der Waals surface area contributed by atoms with Crippen molar-refractivity contribution in [1.29, 1.82) is 0 Å². The summed E-state index contributed by atoms with van der Waals surface area (Å²) in [6.45, 7) is 7.79. The van der Waals surface area contributed by atoms with Crippen molar-refractivity contribution in [3.8, 4) is 11.3 Å². The first kappa shape index (κ1) is 20.2. The lowest BCUT2D eigenvalue weighted by atomic mass is 10.2. The maximum atomic E-state index is 12.1. The van der Waals surface area contributed by atoms with Crippen LogP contribution in [0, 0.1) is 0 Å². The zero-order valence-electron chi connectivity index (χ0n) is 16.5. The Morgan fingerprint density at radius 3 is 2.68 bits per heavy atom. The van der Waals surface area contributed by atoms with E-state index in [1.807, 2.05) is 30.3 Å². The molecule has 2 aromatic rings. The van der Waals surface area contributed by atoms with Crippen LogP contribution in [0.25, 0.3) is 11.3 Å². The van der Waals surface area contributed by atoms with Crippen LogP contribution >= 0.6 is 0 Å². The number of carbonyl (C=O) groups excluding carboxylic acids is 1. The first-order valence-electron chi connectivity index (χ1n) is 9.78. The molecule has 1 aromatic heterocycles. The third-order valence-corrected chi connectivity index (χ3v) is 4.54. The fourth-order valence-electron chi connectivity index (χ4n) is 3.38. The summed E-state index contributed by atoms with van der Waals surface area (Å²) in [5, 5.41) is 13.3. The summed E-state index contributed by atoms with van der Waals surface area (Å²) in [7, 11) is 0. The molecule has 0 bridgehead atoms. The normalized spacial score (nSPS) is 19.9. The Hall–Kier alpha value is -2.58. The molecule has 0 unspecified atom stereocenters. The van der Waals surface area contributed by atoms with Crippen LogP contribution in [0.5, 0.6) is 0 Å². The summed E-state index contributed by atoms with van der Waals surface area (Å²) in [6.07, 6.45) is 4.09. The second-order valence-electron chi connectivity index (χ2n) is 7.14. The Labute approximate surface area is 165 Å². The molecule has 0 spiro atoms. The predicted molar refractivity (Wildman–Crippen MR) is 108 cm³/mol. The molecule has 28 heavy (non-hydrogen) atoms. The van der Waals surface area contributed by atoms with Gasteiger partial charge in [0.2, 0.25) is 0 Å². The van der Waals surface area contributed by atoms with Gasteiger partial charge in [0.1, 0.15) is 0 Å². The van der Waals surface area contributed by atoms with Crippen molar-refractivity contribution in [2.24, 2.45) is 0 Å². The van der Waals surface area contributed by atoms with Gasteiger partial charge in [-0.3, -0.25) is 10.2 Å². The number of hydrogen-bond acceptors (Lipinski definition) is 6. The minimum Gasteiger partial charge on any atom is -0.373 e. The molecule has 1 aliphatic rings. The Morgan fingerprint density at radius 1 is 1.18 bits per heavy atom. The fraction of sp³-hybridized carbons (Fsp3) is 0.500. The molecule has 1 saturated heterocycles. The van der Waals surface area contributed by atoms with Gasteiger partial charge in [-0.1, -0.05) is 30.3 Å². The minimum absolute atomic E-state index is 0.190. The molecule has 150 valence electrons. The van der Waals surface area contributed by atoms with Gasteiger partial charge in [-0.25, -0.2) is 9.78 Å². The van der Waals surface area contributed by atoms with Crippen molar-refractivity contribution >= 4 is 12.0 Å². The molecule has 3 rings (SSSR count). The van der Waals surface area contributed by atoms with E-state index < -0.39 is 0 Å². The third-order valence-electron chi connectivity index (χ3n) is 4.54. The molecule has 2 N–H and O–H groups in total. The van der Waals surface area contributed by atoms with E-state index in [4.69, 9.17) is 4.74 Å². The quantitative estimate of drug-likeness (QED) is 0.713. The number of anilines is 1. The van der Waals surface area contributed by atoms with Crippen LogP contribution < -0.4 is 10.6 Å². The van der Waals surface area contributed by atoms with Gasteiger partial charge < -0.3 is 10.1 Å². The predicted octanol–water partition coefficient (Wildman–Crippen LogP) is 2.55. The number of ether oxygens (including phenoxy) is 1. The lowest BCUT2D eigenvalue weighted by Gasteiger charge is -2.35. The molecule has 1 aliphatic heterocycles. The van der Waals surface area contributed by atoms with Gasteiger partial charge >= 0.3 is 6.03 Å². The number of nitrogens with zero attached hydrogens (tertiary/aromatic N) is 4. The summed E-state index contributed by atoms with van der Waals surface area (Å²) in [5.41, 5.74) is 1.59. The topological polar surface area (TPSA) is 92.3 Å². The zero-order valence-corrected chi connectivity index (χ0v) is 16.5. The number of unbranched alkanes of at least 4 members (excludes halogenated alkanes) is 1. The van der Waals surface area contributed by atoms with Crippen molar-refractivity contribution in [3.63, 3.8) is 0 Å². The Bertz CT molecular complexity index is 747. The van der Waals surface area contributed by atoms with E-state index in [0.29, 0.717) is 12.2 Å². The number of morpholine rings is 1. The summed E-state index contributed by atoms with van der Waals surface area (Å²) in [6, 6.07) is 9.34. The Balaban J connectivity index is 1.37. The van der Waals surface area contributed by atoms with Gasteiger partial charge in [-0.15, -0.1) is 5.10 Å². The van der Waals surface area contributed by atoms with Crippen LogP contribution in [0.4, 0.5) is 10.7 Å². The highest BCUT2D eigenvalue weighted by Crippen LogP contribution is 2.15. The van der Waals surface area contributed by atoms with Crippen LogP contribution in [0.1, 0.15) is 26.7 Å². The molecule has 0 saturated carbocycles. The van der Waals surface area contributed by atoms with Crippen LogP contribution in [0.3, 0.4) is 0 Å². The Morgan fingerprint density at radius 2 is 1.93 bits per heavy atom. The van der Waals surface area contributed by atoms with Crippen LogP contribution in [-0.4, -0.2) is 64.5 Å². The van der Waals surface area contributed by atoms with Crippen LogP contribution in [0.15, 0.2) is 36.5 Å². The average Bonchev–Trinajstić information content (AvgIpc) is 2.68. The van der Waals surface area contributed by atoms with Crippen molar-refractivity contribution in [2.45, 2.75) is 38.9 Å². The molecule has 2 heterocycles. The number of hydrogen-bond donors (Lipinski definition) is 2. The van der Waals surface area contributed by atoms with Gasteiger partial charge in [0.25, 0.3) is 5.95 Å². The number of carbonyl (C=O) groups is 1. The van der Waals surface area contributed by atoms with Crippen LogP contribution in [0.2, 0.25) is 0 Å². The molecule has 0 radical (unpaired) electrons. The molecule has 8 nitrogen and oxygen atoms in total. The molecule has 1 fully saturated rings. The van der Waals surface area contributed by atoms with E-state index in [-0.39, 0.29) is 24.2 Å². The number of amides is 2. The van der Waals surface area contributed by atoms with Crippen molar-refractivity contribution in [1.82, 2.24) is 25.4 Å². The molecule has 2 amide bonds. The van der Waals surface area contributed by atoms with E-state index in [9.17, 15) is 4.79 Å². The third kappa shape index (κ3) is 6.24. The van der Waals surface area contributed by atoms with Crippen molar-refractivity contribution < 1.29 is 9.53 Å². The first-order valence-corrected chi connectivity index (χ1v) is 9.78. The highest BCUT2D eigenvalue weighted by atomic mass is 16.5. The van der Waals surface area contributed by atoms with Gasteiger partial charge in [-0.2, -0.15) is 5.10 Å². The average molecular weight is 384 g/mol. The van der Waals surface area contributed by atoms with E-state index in [0.717, 1.165) is 38.0 Å². The number of aromatic nitrogens is 3. The molecule has 8 heteroatoms. The van der Waals surface area contributed by atoms with Gasteiger partial charge in [0, 0.05) is 25.2 Å². The molecule has 1 aromatic carbocycles. The molecule has 0 aliphatic carbocycles. The highest BCUT2D eigenvalue weighted by Gasteiger charge is 2.21. The maximum Gasteiger partial charge on any atom is 0.321 e. The summed E-state index contributed by atoms with van der Waals surface area (Å²) in [4.78, 5) is 18.8. The Kier molecular flexibility index (Phi) is 7.27. The summed E-state index contributed by atoms with van der Waals surface area (Å²) < 4.78 is 5.74. The van der Waals surface area contributed by atoms with Crippen LogP contribution in [-0.2, 0) is 4.74 Å². The van der Waals surface area contributed by atoms with Gasteiger partial charge in [0.05, 0.1) is 24.1 Å². The number of urea groups is 1. The van der Waals surface area contributed by atoms with Crippen molar-refractivity contribution in [2.75, 3.05) is 31.5 Å². The number of nitrogens with one attached hydrogen (secondary N) is 2. The lowest BCUT2D eigenvalue weighted by molar-refractivity contribution is -0.0681. The number of rotatable bonds is 7. The van der Waals surface area contributed by atoms with Gasteiger partial charge in [-0.05, 0) is 33.2 Å². The summed E-state index contributed by atoms with van der Waals surface area (Å²) >= 11 is 0. The number of benzene rings is 1. The first-order chi connectivity index (χ1) is 13.6. The maximum absolute atomic E-state index is 12.1. The summed E-state index contributed by atoms with van der Waals surface area (Å²) in [5.74, 6) is 0.190. The molecular weight excluding hydrogens is 356 g/mol. The SMILES string of the molecule is C[C@H]1CN(CCCCNC(=O)Nc2nncc(-c3ccccc3)n2)C[C@H](C)O1. The highest BCUT2D eigenvalue weighted by molar-refractivity contribution is 5.87. The second-order valence-corrected chi connectivity index (χ2v) is 7.14. The van der Waals surface area contributed by atoms with Gasteiger partial charge in [0.15, 0.2) is 0 Å². The monoisotopic (exact) mass is 384 g/mol. The largest absolute Gasteiger partial charge is 0.373 e. The smallest absolute Gasteiger partial charge is 0.321 e. The van der Waals surface area contributed by atoms with Crippen molar-refractivity contribution in [3.05, 3.63) is 36.5 Å². The second kappa shape index (κ2) is 10.1. The van der Waals surface area contributed by atoms with E-state index >= 15 is 0 Å². The minimum atomic E-state index is -0.319.